The van der Waals surface area contributed by atoms with Crippen molar-refractivity contribution in [3.63, 3.8) is 0 Å². The minimum Gasteiger partial charge on any atom is -0.322 e. The van der Waals surface area contributed by atoms with Crippen LogP contribution in [0, 0.1) is 0 Å². The normalized spacial score (nSPS) is 14.8. The molecule has 0 bridgehead atoms. The van der Waals surface area contributed by atoms with Crippen molar-refractivity contribution in [1.29, 1.82) is 0 Å². The molecule has 0 spiro atoms. The Bertz CT molecular complexity index is 1230. The number of hydrogen-bond donors (Lipinski definition) is 3. The van der Waals surface area contributed by atoms with Crippen molar-refractivity contribution in [3.05, 3.63) is 64.5 Å². The molecular weight excluding hydrogens is 474 g/mol. The van der Waals surface area contributed by atoms with Crippen LogP contribution in [0.4, 0.5) is 15.6 Å². The minimum atomic E-state index is -0.721. The van der Waals surface area contributed by atoms with E-state index in [4.69, 9.17) is 11.6 Å². The van der Waals surface area contributed by atoms with Gasteiger partial charge in [0, 0.05) is 16.8 Å². The van der Waals surface area contributed by atoms with Gasteiger partial charge in [0.2, 0.25) is 11.0 Å². The van der Waals surface area contributed by atoms with E-state index < -0.39 is 29.5 Å². The SMILES string of the molecule is O=C(/C=C1\SC(=O)N(CC(=O)NNc2nc3ccccc3s2)C1=O)Nc1ccc(Cl)cc1. The molecule has 1 fully saturated rings. The number of amides is 4. The van der Waals surface area contributed by atoms with Gasteiger partial charge in [0.05, 0.1) is 15.1 Å². The number of hydrogen-bond acceptors (Lipinski definition) is 8. The Morgan fingerprint density at radius 2 is 1.84 bits per heavy atom. The van der Waals surface area contributed by atoms with Gasteiger partial charge in [-0.15, -0.1) is 0 Å². The quantitative estimate of drug-likeness (QED) is 0.358. The maximum Gasteiger partial charge on any atom is 0.294 e. The molecule has 3 aromatic rings. The number of para-hydroxylation sites is 1. The van der Waals surface area contributed by atoms with E-state index in [0.29, 0.717) is 27.6 Å². The molecule has 1 aliphatic rings. The van der Waals surface area contributed by atoms with Crippen LogP contribution in [0.25, 0.3) is 10.2 Å². The molecule has 0 radical (unpaired) electrons. The lowest BCUT2D eigenvalue weighted by Gasteiger charge is -2.12. The summed E-state index contributed by atoms with van der Waals surface area (Å²) in [6, 6.07) is 13.9. The van der Waals surface area contributed by atoms with Gasteiger partial charge < -0.3 is 5.32 Å². The molecule has 0 saturated carbocycles. The van der Waals surface area contributed by atoms with E-state index in [2.05, 4.69) is 21.2 Å². The first-order valence-corrected chi connectivity index (χ1v) is 11.1. The van der Waals surface area contributed by atoms with Crippen molar-refractivity contribution in [3.8, 4) is 0 Å². The predicted octanol–water partition coefficient (Wildman–Crippen LogP) is 3.61. The first kappa shape index (κ1) is 21.8. The molecule has 4 rings (SSSR count). The highest BCUT2D eigenvalue weighted by Gasteiger charge is 2.36. The smallest absolute Gasteiger partial charge is 0.294 e. The van der Waals surface area contributed by atoms with Gasteiger partial charge in [0.15, 0.2) is 0 Å². The number of thioether (sulfide) groups is 1. The van der Waals surface area contributed by atoms with Gasteiger partial charge >= 0.3 is 0 Å². The Labute approximate surface area is 194 Å². The molecule has 1 aliphatic heterocycles. The van der Waals surface area contributed by atoms with Crippen molar-refractivity contribution in [2.45, 2.75) is 0 Å². The first-order chi connectivity index (χ1) is 15.4. The minimum absolute atomic E-state index is 0.0756. The zero-order chi connectivity index (χ0) is 22.7. The molecule has 9 nitrogen and oxygen atoms in total. The molecule has 12 heteroatoms. The molecule has 2 heterocycles. The van der Waals surface area contributed by atoms with E-state index in [9.17, 15) is 19.2 Å². The van der Waals surface area contributed by atoms with Crippen LogP contribution in [0.3, 0.4) is 0 Å². The van der Waals surface area contributed by atoms with E-state index in [-0.39, 0.29) is 4.91 Å². The van der Waals surface area contributed by atoms with Crippen molar-refractivity contribution in [1.82, 2.24) is 15.3 Å². The van der Waals surface area contributed by atoms with Crippen molar-refractivity contribution in [2.24, 2.45) is 0 Å². The van der Waals surface area contributed by atoms with Crippen molar-refractivity contribution in [2.75, 3.05) is 17.3 Å². The lowest BCUT2D eigenvalue weighted by molar-refractivity contribution is -0.129. The van der Waals surface area contributed by atoms with Crippen LogP contribution in [-0.4, -0.2) is 39.4 Å². The molecule has 2 aromatic carbocycles. The van der Waals surface area contributed by atoms with Gasteiger partial charge in [-0.3, -0.25) is 34.9 Å². The fourth-order valence-electron chi connectivity index (χ4n) is 2.70. The molecule has 0 atom stereocenters. The third-order valence-electron chi connectivity index (χ3n) is 4.15. The second-order valence-corrected chi connectivity index (χ2v) is 8.88. The number of rotatable bonds is 6. The number of aromatic nitrogens is 1. The molecule has 4 amide bonds. The van der Waals surface area contributed by atoms with Crippen LogP contribution in [0.5, 0.6) is 0 Å². The van der Waals surface area contributed by atoms with Crippen LogP contribution < -0.4 is 16.2 Å². The fraction of sp³-hybridized carbons (Fsp3) is 0.0500. The van der Waals surface area contributed by atoms with E-state index in [1.54, 1.807) is 24.3 Å². The highest BCUT2D eigenvalue weighted by atomic mass is 35.5. The Morgan fingerprint density at radius 1 is 1.09 bits per heavy atom. The molecule has 32 heavy (non-hydrogen) atoms. The number of thiazole rings is 1. The lowest BCUT2D eigenvalue weighted by atomic mass is 10.3. The van der Waals surface area contributed by atoms with Crippen LogP contribution in [0.1, 0.15) is 0 Å². The van der Waals surface area contributed by atoms with Crippen molar-refractivity contribution >= 4 is 78.7 Å². The van der Waals surface area contributed by atoms with Crippen LogP contribution >= 0.6 is 34.7 Å². The Kier molecular flexibility index (Phi) is 6.40. The van der Waals surface area contributed by atoms with Gasteiger partial charge in [0.25, 0.3) is 17.1 Å². The van der Waals surface area contributed by atoms with Gasteiger partial charge in [-0.25, -0.2) is 4.98 Å². The molecule has 3 N–H and O–H groups in total. The maximum absolute atomic E-state index is 12.5. The summed E-state index contributed by atoms with van der Waals surface area (Å²) < 4.78 is 0.942. The second kappa shape index (κ2) is 9.39. The third-order valence-corrected chi connectivity index (χ3v) is 6.26. The summed E-state index contributed by atoms with van der Waals surface area (Å²) in [5.74, 6) is -1.92. The molecule has 0 unspecified atom stereocenters. The number of halogens is 1. The van der Waals surface area contributed by atoms with Gasteiger partial charge in [-0.05, 0) is 48.2 Å². The molecule has 0 aliphatic carbocycles. The topological polar surface area (TPSA) is 120 Å². The number of fused-ring (bicyclic) bond motifs is 1. The van der Waals surface area contributed by atoms with Crippen LogP contribution in [0.15, 0.2) is 59.5 Å². The largest absolute Gasteiger partial charge is 0.322 e. The van der Waals surface area contributed by atoms with Crippen LogP contribution in [-0.2, 0) is 14.4 Å². The number of nitrogens with zero attached hydrogens (tertiary/aromatic N) is 2. The monoisotopic (exact) mass is 487 g/mol. The number of hydrazine groups is 1. The zero-order valence-corrected chi connectivity index (χ0v) is 18.5. The van der Waals surface area contributed by atoms with E-state index in [1.165, 1.54) is 11.3 Å². The number of carbonyl (C=O) groups excluding carboxylic acids is 4. The van der Waals surface area contributed by atoms with Gasteiger partial charge in [-0.2, -0.15) is 0 Å². The average molecular weight is 488 g/mol. The number of benzene rings is 2. The lowest BCUT2D eigenvalue weighted by Crippen LogP contribution is -2.41. The standard InChI is InChI=1S/C20H14ClN5O4S2/c21-11-5-7-12(8-6-11)22-16(27)9-15-18(29)26(20(30)32-15)10-17(28)24-25-19-23-13-3-1-2-4-14(13)31-19/h1-9H,10H2,(H,22,27)(H,23,25)(H,24,28)/b15-9-. The zero-order valence-electron chi connectivity index (χ0n) is 16.1. The second-order valence-electron chi connectivity index (χ2n) is 6.42. The first-order valence-electron chi connectivity index (χ1n) is 9.11. The molecule has 1 aromatic heterocycles. The average Bonchev–Trinajstić information content (AvgIpc) is 3.30. The summed E-state index contributed by atoms with van der Waals surface area (Å²) in [7, 11) is 0. The number of carbonyl (C=O) groups is 4. The fourth-order valence-corrected chi connectivity index (χ4v) is 4.45. The third kappa shape index (κ3) is 5.07. The highest BCUT2D eigenvalue weighted by Crippen LogP contribution is 2.30. The Morgan fingerprint density at radius 3 is 2.59 bits per heavy atom. The summed E-state index contributed by atoms with van der Waals surface area (Å²) >= 11 is 7.73. The van der Waals surface area contributed by atoms with Gasteiger partial charge in [-0.1, -0.05) is 35.1 Å². The molecule has 1 saturated heterocycles. The summed E-state index contributed by atoms with van der Waals surface area (Å²) in [6.07, 6.45) is 1.02. The summed E-state index contributed by atoms with van der Waals surface area (Å²) in [5.41, 5.74) is 6.35. The highest BCUT2D eigenvalue weighted by molar-refractivity contribution is 8.18. The van der Waals surface area contributed by atoms with E-state index >= 15 is 0 Å². The van der Waals surface area contributed by atoms with Gasteiger partial charge in [0.1, 0.15) is 6.54 Å². The Hall–Kier alpha value is -3.41. The molecular formula is C20H14ClN5O4S2. The van der Waals surface area contributed by atoms with Crippen molar-refractivity contribution < 1.29 is 19.2 Å². The summed E-state index contributed by atoms with van der Waals surface area (Å²) in [4.78, 5) is 54.0. The predicted molar refractivity (Wildman–Crippen MR) is 124 cm³/mol. The Balaban J connectivity index is 1.33. The maximum atomic E-state index is 12.5. The number of anilines is 2. The van der Waals surface area contributed by atoms with E-state index in [0.717, 1.165) is 21.2 Å². The summed E-state index contributed by atoms with van der Waals surface area (Å²) in [5, 5.41) is 2.91. The molecule has 162 valence electrons. The number of imide groups is 1. The summed E-state index contributed by atoms with van der Waals surface area (Å²) in [6.45, 7) is -0.501. The van der Waals surface area contributed by atoms with Crippen LogP contribution in [0.2, 0.25) is 5.02 Å². The number of nitrogens with one attached hydrogen (secondary N) is 3. The van der Waals surface area contributed by atoms with E-state index in [1.807, 2.05) is 24.3 Å².